The number of halogens is 1. The lowest BCUT2D eigenvalue weighted by atomic mass is 10.2. The van der Waals surface area contributed by atoms with E-state index >= 15 is 0 Å². The molecular formula is C20H19FN6O3S2. The highest BCUT2D eigenvalue weighted by Crippen LogP contribution is 2.35. The fourth-order valence-corrected chi connectivity index (χ4v) is 5.05. The van der Waals surface area contributed by atoms with Gasteiger partial charge in [0.2, 0.25) is 5.16 Å². The number of benzene rings is 1. The monoisotopic (exact) mass is 474 g/mol. The fraction of sp³-hybridized carbons (Fsp3) is 0.250. The Kier molecular flexibility index (Phi) is 5.98. The van der Waals surface area contributed by atoms with E-state index in [0.717, 1.165) is 11.3 Å². The summed E-state index contributed by atoms with van der Waals surface area (Å²) in [6.07, 6.45) is 0. The zero-order chi connectivity index (χ0) is 23.0. The number of carbonyl (C=O) groups is 1. The molecule has 9 nitrogen and oxygen atoms in total. The van der Waals surface area contributed by atoms with Gasteiger partial charge in [-0.25, -0.2) is 18.8 Å². The first-order valence-corrected chi connectivity index (χ1v) is 11.3. The molecule has 0 saturated heterocycles. The van der Waals surface area contributed by atoms with E-state index in [9.17, 15) is 14.0 Å². The van der Waals surface area contributed by atoms with E-state index in [2.05, 4.69) is 20.2 Å². The molecule has 0 amide bonds. The number of ether oxygens (including phenoxy) is 1. The van der Waals surface area contributed by atoms with Crippen LogP contribution in [0.5, 0.6) is 0 Å². The quantitative estimate of drug-likeness (QED) is 0.247. The van der Waals surface area contributed by atoms with E-state index in [0.29, 0.717) is 31.6 Å². The molecule has 0 radical (unpaired) electrons. The van der Waals surface area contributed by atoms with Gasteiger partial charge in [-0.2, -0.15) is 0 Å². The molecule has 4 rings (SSSR count). The first-order valence-electron chi connectivity index (χ1n) is 9.64. The molecule has 4 aromatic rings. The summed E-state index contributed by atoms with van der Waals surface area (Å²) in [5, 5.41) is 8.38. The molecule has 0 saturated carbocycles. The summed E-state index contributed by atoms with van der Waals surface area (Å²) >= 11 is 2.33. The Morgan fingerprint density at radius 1 is 1.38 bits per heavy atom. The smallest absolute Gasteiger partial charge is 0.348 e. The van der Waals surface area contributed by atoms with Gasteiger partial charge < -0.3 is 15.6 Å². The number of carbonyl (C=O) groups excluding carboxylic acids is 1. The Labute approximate surface area is 189 Å². The van der Waals surface area contributed by atoms with E-state index in [1.165, 1.54) is 22.5 Å². The number of aromatic nitrogens is 5. The number of esters is 1. The molecular weight excluding hydrogens is 455 g/mol. The van der Waals surface area contributed by atoms with Gasteiger partial charge in [-0.15, -0.1) is 21.5 Å². The number of thiophene rings is 1. The highest BCUT2D eigenvalue weighted by Gasteiger charge is 2.23. The van der Waals surface area contributed by atoms with Crippen molar-refractivity contribution in [3.05, 3.63) is 56.7 Å². The SMILES string of the molecule is CCOC(=O)c1sc2nc(C(C)Sc3nnc(-c4ccccc4F)n3N)[nH]c(=O)c2c1C. The lowest BCUT2D eigenvalue weighted by molar-refractivity contribution is 0.0531. The van der Waals surface area contributed by atoms with Crippen LogP contribution in [0.25, 0.3) is 21.6 Å². The van der Waals surface area contributed by atoms with Gasteiger partial charge in [0.25, 0.3) is 5.56 Å². The van der Waals surface area contributed by atoms with Gasteiger partial charge in [0.1, 0.15) is 21.3 Å². The Morgan fingerprint density at radius 2 is 2.12 bits per heavy atom. The molecule has 1 atom stereocenters. The van der Waals surface area contributed by atoms with E-state index in [1.54, 1.807) is 32.0 Å². The number of hydrogen-bond donors (Lipinski definition) is 2. The average molecular weight is 475 g/mol. The largest absolute Gasteiger partial charge is 0.462 e. The lowest BCUT2D eigenvalue weighted by Gasteiger charge is -2.10. The number of nitrogen functional groups attached to an aromatic ring is 1. The molecule has 0 aliphatic rings. The number of H-pyrrole nitrogens is 1. The van der Waals surface area contributed by atoms with Gasteiger partial charge in [-0.1, -0.05) is 23.9 Å². The van der Waals surface area contributed by atoms with Crippen LogP contribution in [-0.4, -0.2) is 37.4 Å². The number of aromatic amines is 1. The van der Waals surface area contributed by atoms with Crippen LogP contribution in [0.2, 0.25) is 0 Å². The molecule has 0 aliphatic heterocycles. The van der Waals surface area contributed by atoms with Crippen LogP contribution in [-0.2, 0) is 4.74 Å². The number of nitrogens with one attached hydrogen (secondary N) is 1. The third kappa shape index (κ3) is 3.86. The van der Waals surface area contributed by atoms with Gasteiger partial charge in [0.05, 0.1) is 22.8 Å². The molecule has 0 aliphatic carbocycles. The summed E-state index contributed by atoms with van der Waals surface area (Å²) in [6, 6.07) is 6.14. The number of hydrogen-bond acceptors (Lipinski definition) is 9. The zero-order valence-corrected chi connectivity index (χ0v) is 19.0. The first kappa shape index (κ1) is 22.0. The summed E-state index contributed by atoms with van der Waals surface area (Å²) in [6.45, 7) is 5.47. The number of fused-ring (bicyclic) bond motifs is 1. The summed E-state index contributed by atoms with van der Waals surface area (Å²) in [7, 11) is 0. The molecule has 12 heteroatoms. The van der Waals surface area contributed by atoms with E-state index in [4.69, 9.17) is 10.6 Å². The minimum absolute atomic E-state index is 0.183. The molecule has 0 fully saturated rings. The van der Waals surface area contributed by atoms with Crippen molar-refractivity contribution in [2.24, 2.45) is 0 Å². The first-order chi connectivity index (χ1) is 15.3. The molecule has 3 heterocycles. The van der Waals surface area contributed by atoms with Crippen molar-refractivity contribution in [2.45, 2.75) is 31.2 Å². The number of aryl methyl sites for hydroxylation is 1. The Hall–Kier alpha value is -3.25. The highest BCUT2D eigenvalue weighted by atomic mass is 32.2. The van der Waals surface area contributed by atoms with Crippen LogP contribution in [0.1, 0.15) is 40.2 Å². The van der Waals surface area contributed by atoms with Gasteiger partial charge in [-0.05, 0) is 38.5 Å². The van der Waals surface area contributed by atoms with Crippen molar-refractivity contribution in [2.75, 3.05) is 12.4 Å². The predicted molar refractivity (Wildman–Crippen MR) is 121 cm³/mol. The second-order valence-corrected chi connectivity index (χ2v) is 9.13. The molecule has 32 heavy (non-hydrogen) atoms. The minimum atomic E-state index is -0.478. The highest BCUT2D eigenvalue weighted by molar-refractivity contribution is 7.99. The molecule has 1 unspecified atom stereocenters. The van der Waals surface area contributed by atoms with E-state index < -0.39 is 11.8 Å². The maximum atomic E-state index is 14.1. The van der Waals surface area contributed by atoms with Gasteiger partial charge in [0.15, 0.2) is 5.82 Å². The lowest BCUT2D eigenvalue weighted by Crippen LogP contribution is -2.15. The number of rotatable bonds is 6. The Bertz CT molecular complexity index is 1380. The summed E-state index contributed by atoms with van der Waals surface area (Å²) < 4.78 is 20.4. The number of thioether (sulfide) groups is 1. The molecule has 0 spiro atoms. The number of nitrogens with zero attached hydrogens (tertiary/aromatic N) is 4. The Balaban J connectivity index is 1.65. The second kappa shape index (κ2) is 8.71. The van der Waals surface area contributed by atoms with Crippen molar-refractivity contribution in [3.8, 4) is 11.4 Å². The summed E-state index contributed by atoms with van der Waals surface area (Å²) in [4.78, 5) is 33.0. The van der Waals surface area contributed by atoms with Crippen LogP contribution in [0.3, 0.4) is 0 Å². The zero-order valence-electron chi connectivity index (χ0n) is 17.4. The summed E-state index contributed by atoms with van der Waals surface area (Å²) in [5.41, 5.74) is 0.429. The fourth-order valence-electron chi connectivity index (χ4n) is 3.14. The average Bonchev–Trinajstić information content (AvgIpc) is 3.29. The molecule has 3 N–H and O–H groups in total. The van der Waals surface area contributed by atoms with Crippen molar-refractivity contribution in [1.82, 2.24) is 24.8 Å². The third-order valence-corrected chi connectivity index (χ3v) is 6.96. The van der Waals surface area contributed by atoms with Crippen LogP contribution in [0, 0.1) is 12.7 Å². The minimum Gasteiger partial charge on any atom is -0.462 e. The Morgan fingerprint density at radius 3 is 2.84 bits per heavy atom. The normalized spacial score (nSPS) is 12.2. The molecule has 166 valence electrons. The molecule has 1 aromatic carbocycles. The summed E-state index contributed by atoms with van der Waals surface area (Å²) in [5.74, 6) is 5.73. The predicted octanol–water partition coefficient (Wildman–Crippen LogP) is 3.43. The third-order valence-electron chi connectivity index (χ3n) is 4.73. The van der Waals surface area contributed by atoms with E-state index in [-0.39, 0.29) is 28.8 Å². The van der Waals surface area contributed by atoms with Crippen molar-refractivity contribution in [1.29, 1.82) is 0 Å². The topological polar surface area (TPSA) is 129 Å². The van der Waals surface area contributed by atoms with Crippen LogP contribution < -0.4 is 11.4 Å². The molecule has 0 bridgehead atoms. The van der Waals surface area contributed by atoms with Crippen molar-refractivity contribution >= 4 is 39.3 Å². The standard InChI is InChI=1S/C20H19FN6O3S2/c1-4-30-19(29)14-9(2)13-17(28)23-15(24-18(13)32-14)10(3)31-20-26-25-16(27(20)22)11-7-5-6-8-12(11)21/h5-8,10H,4,22H2,1-3H3,(H,23,24,28). The second-order valence-electron chi connectivity index (χ2n) is 6.82. The van der Waals surface area contributed by atoms with Crippen LogP contribution >= 0.6 is 23.1 Å². The van der Waals surface area contributed by atoms with Gasteiger partial charge in [-0.3, -0.25) is 4.79 Å². The van der Waals surface area contributed by atoms with E-state index in [1.807, 2.05) is 6.92 Å². The van der Waals surface area contributed by atoms with Gasteiger partial charge >= 0.3 is 5.97 Å². The maximum absolute atomic E-state index is 14.1. The maximum Gasteiger partial charge on any atom is 0.348 e. The van der Waals surface area contributed by atoms with Crippen molar-refractivity contribution < 1.29 is 13.9 Å². The molecule has 3 aromatic heterocycles. The van der Waals surface area contributed by atoms with Gasteiger partial charge in [0, 0.05) is 0 Å². The van der Waals surface area contributed by atoms with Crippen LogP contribution in [0.4, 0.5) is 4.39 Å². The number of nitrogens with two attached hydrogens (primary N) is 1. The van der Waals surface area contributed by atoms with Crippen LogP contribution in [0.15, 0.2) is 34.2 Å². The van der Waals surface area contributed by atoms with Crippen molar-refractivity contribution in [3.63, 3.8) is 0 Å².